The van der Waals surface area contributed by atoms with E-state index in [4.69, 9.17) is 23.4 Å². The molecule has 170 valence electrons. The third kappa shape index (κ3) is 5.60. The molecule has 1 aliphatic rings. The Balaban J connectivity index is 1.71. The summed E-state index contributed by atoms with van der Waals surface area (Å²) in [5, 5.41) is 5.11. The van der Waals surface area contributed by atoms with E-state index in [0.29, 0.717) is 23.9 Å². The van der Waals surface area contributed by atoms with Crippen LogP contribution < -0.4 is 20.1 Å². The maximum absolute atomic E-state index is 12.6. The van der Waals surface area contributed by atoms with Crippen molar-refractivity contribution < 1.29 is 37.7 Å². The van der Waals surface area contributed by atoms with Gasteiger partial charge < -0.3 is 34.0 Å². The summed E-state index contributed by atoms with van der Waals surface area (Å²) in [4.78, 5) is 37.0. The van der Waals surface area contributed by atoms with Crippen molar-refractivity contribution in [3.05, 3.63) is 59.7 Å². The number of benzene rings is 1. The lowest BCUT2D eigenvalue weighted by atomic mass is 10.0. The molecule has 2 amide bonds. The average molecular weight is 444 g/mol. The van der Waals surface area contributed by atoms with Gasteiger partial charge in [-0.25, -0.2) is 14.4 Å². The van der Waals surface area contributed by atoms with Crippen LogP contribution in [0.3, 0.4) is 0 Å². The maximum Gasteiger partial charge on any atom is 0.344 e. The second-order valence-electron chi connectivity index (χ2n) is 6.49. The molecule has 0 saturated heterocycles. The first-order chi connectivity index (χ1) is 15.5. The Morgan fingerprint density at radius 1 is 1.00 bits per heavy atom. The van der Waals surface area contributed by atoms with E-state index < -0.39 is 24.0 Å². The van der Waals surface area contributed by atoms with E-state index in [1.54, 1.807) is 43.3 Å². The molecule has 0 spiro atoms. The molecule has 1 aliphatic heterocycles. The smallest absolute Gasteiger partial charge is 0.344 e. The van der Waals surface area contributed by atoms with E-state index in [1.807, 2.05) is 6.92 Å². The van der Waals surface area contributed by atoms with E-state index in [-0.39, 0.29) is 31.1 Å². The standard InChI is InChI=1S/C22H24N2O8/c1-3-28-15-8-5-6-9-16(15)31-13-18(25)32-12-14-19(21(26)29-4-2)20(24-22(27)23-14)17-10-7-11-30-17/h5-11,20H,3-4,12-13H2,1-2H3,(H2,23,24,27). The van der Waals surface area contributed by atoms with E-state index in [9.17, 15) is 14.4 Å². The fraction of sp³-hybridized carbons (Fsp3) is 0.318. The highest BCUT2D eigenvalue weighted by Crippen LogP contribution is 2.28. The van der Waals surface area contributed by atoms with Gasteiger partial charge >= 0.3 is 18.0 Å². The minimum absolute atomic E-state index is 0.0804. The van der Waals surface area contributed by atoms with Gasteiger partial charge in [-0.1, -0.05) is 12.1 Å². The summed E-state index contributed by atoms with van der Waals surface area (Å²) in [7, 11) is 0. The predicted molar refractivity (Wildman–Crippen MR) is 111 cm³/mol. The van der Waals surface area contributed by atoms with Crippen LogP contribution in [0.1, 0.15) is 25.6 Å². The normalized spacial score (nSPS) is 15.4. The fourth-order valence-corrected chi connectivity index (χ4v) is 3.03. The van der Waals surface area contributed by atoms with Crippen LogP contribution in [0, 0.1) is 0 Å². The molecule has 1 unspecified atom stereocenters. The molecular weight excluding hydrogens is 420 g/mol. The molecule has 1 aromatic carbocycles. The summed E-state index contributed by atoms with van der Waals surface area (Å²) >= 11 is 0. The van der Waals surface area contributed by atoms with Gasteiger partial charge in [-0.05, 0) is 38.1 Å². The van der Waals surface area contributed by atoms with Crippen LogP contribution in [-0.2, 0) is 19.1 Å². The SMILES string of the molecule is CCOC(=O)C1=C(COC(=O)COc2ccccc2OCC)NC(=O)NC1c1ccco1. The predicted octanol–water partition coefficient (Wildman–Crippen LogP) is 2.47. The molecule has 3 rings (SSSR count). The van der Waals surface area contributed by atoms with Gasteiger partial charge in [-0.15, -0.1) is 0 Å². The van der Waals surface area contributed by atoms with Crippen molar-refractivity contribution in [2.75, 3.05) is 26.4 Å². The van der Waals surface area contributed by atoms with E-state index >= 15 is 0 Å². The number of carbonyl (C=O) groups excluding carboxylic acids is 3. The zero-order chi connectivity index (χ0) is 22.9. The number of amides is 2. The third-order valence-corrected chi connectivity index (χ3v) is 4.35. The Bertz CT molecular complexity index is 984. The molecule has 0 fully saturated rings. The molecule has 0 saturated carbocycles. The molecule has 2 aromatic rings. The molecule has 2 heterocycles. The Hall–Kier alpha value is -3.95. The van der Waals surface area contributed by atoms with Crippen LogP contribution in [-0.4, -0.2) is 44.4 Å². The minimum Gasteiger partial charge on any atom is -0.490 e. The van der Waals surface area contributed by atoms with Gasteiger partial charge in [0.25, 0.3) is 0 Å². The summed E-state index contributed by atoms with van der Waals surface area (Å²) in [5.74, 6) is -0.140. The van der Waals surface area contributed by atoms with Gasteiger partial charge in [0.1, 0.15) is 18.4 Å². The highest BCUT2D eigenvalue weighted by atomic mass is 16.6. The molecule has 0 radical (unpaired) electrons. The number of urea groups is 1. The summed E-state index contributed by atoms with van der Waals surface area (Å²) < 4.78 is 26.6. The van der Waals surface area contributed by atoms with Crippen molar-refractivity contribution in [3.8, 4) is 11.5 Å². The third-order valence-electron chi connectivity index (χ3n) is 4.35. The van der Waals surface area contributed by atoms with Crippen LogP contribution in [0.15, 0.2) is 58.3 Å². The number of rotatable bonds is 10. The average Bonchev–Trinajstić information content (AvgIpc) is 3.32. The van der Waals surface area contributed by atoms with Crippen molar-refractivity contribution in [1.29, 1.82) is 0 Å². The summed E-state index contributed by atoms with van der Waals surface area (Å²) in [6.45, 7) is 3.31. The first-order valence-corrected chi connectivity index (χ1v) is 10.0. The molecule has 2 N–H and O–H groups in total. The van der Waals surface area contributed by atoms with Gasteiger partial charge in [0.2, 0.25) is 0 Å². The van der Waals surface area contributed by atoms with Gasteiger partial charge in [0.05, 0.1) is 30.7 Å². The van der Waals surface area contributed by atoms with E-state index in [1.165, 1.54) is 6.26 Å². The lowest BCUT2D eigenvalue weighted by molar-refractivity contribution is -0.145. The van der Waals surface area contributed by atoms with Crippen LogP contribution >= 0.6 is 0 Å². The fourth-order valence-electron chi connectivity index (χ4n) is 3.03. The highest BCUT2D eigenvalue weighted by Gasteiger charge is 2.35. The number of hydrogen-bond donors (Lipinski definition) is 2. The number of carbonyl (C=O) groups is 3. The monoisotopic (exact) mass is 444 g/mol. The van der Waals surface area contributed by atoms with Crippen LogP contribution in [0.25, 0.3) is 0 Å². The molecule has 10 heteroatoms. The van der Waals surface area contributed by atoms with Gasteiger partial charge in [0, 0.05) is 0 Å². The number of esters is 2. The first kappa shape index (κ1) is 22.7. The largest absolute Gasteiger partial charge is 0.490 e. The Kier molecular flexibility index (Phi) is 7.74. The molecule has 1 atom stereocenters. The van der Waals surface area contributed by atoms with Crippen LogP contribution in [0.4, 0.5) is 4.79 Å². The molecular formula is C22H24N2O8. The Morgan fingerprint density at radius 2 is 1.75 bits per heavy atom. The topological polar surface area (TPSA) is 125 Å². The second kappa shape index (κ2) is 10.9. The molecule has 0 aliphatic carbocycles. The van der Waals surface area contributed by atoms with Gasteiger partial charge in [-0.2, -0.15) is 0 Å². The second-order valence-corrected chi connectivity index (χ2v) is 6.49. The van der Waals surface area contributed by atoms with Crippen molar-refractivity contribution >= 4 is 18.0 Å². The van der Waals surface area contributed by atoms with Crippen molar-refractivity contribution in [2.24, 2.45) is 0 Å². The minimum atomic E-state index is -0.888. The number of ether oxygens (including phenoxy) is 4. The summed E-state index contributed by atoms with van der Waals surface area (Å²) in [6.07, 6.45) is 1.42. The highest BCUT2D eigenvalue weighted by molar-refractivity contribution is 5.95. The first-order valence-electron chi connectivity index (χ1n) is 10.0. The van der Waals surface area contributed by atoms with Crippen LogP contribution in [0.5, 0.6) is 11.5 Å². The number of hydrogen-bond acceptors (Lipinski definition) is 8. The maximum atomic E-state index is 12.6. The summed E-state index contributed by atoms with van der Waals surface area (Å²) in [6, 6.07) is 8.70. The van der Waals surface area contributed by atoms with Crippen molar-refractivity contribution in [1.82, 2.24) is 10.6 Å². The van der Waals surface area contributed by atoms with Gasteiger partial charge in [-0.3, -0.25) is 0 Å². The molecule has 1 aromatic heterocycles. The number of furan rings is 1. The van der Waals surface area contributed by atoms with Gasteiger partial charge in [0.15, 0.2) is 18.1 Å². The number of nitrogens with one attached hydrogen (secondary N) is 2. The van der Waals surface area contributed by atoms with Crippen molar-refractivity contribution in [3.63, 3.8) is 0 Å². The van der Waals surface area contributed by atoms with E-state index in [2.05, 4.69) is 10.6 Å². The summed E-state index contributed by atoms with van der Waals surface area (Å²) in [5.41, 5.74) is 0.175. The molecule has 10 nitrogen and oxygen atoms in total. The Labute approximate surface area is 184 Å². The zero-order valence-electron chi connectivity index (χ0n) is 17.7. The lowest BCUT2D eigenvalue weighted by Gasteiger charge is -2.27. The zero-order valence-corrected chi connectivity index (χ0v) is 17.7. The van der Waals surface area contributed by atoms with Crippen LogP contribution in [0.2, 0.25) is 0 Å². The van der Waals surface area contributed by atoms with Crippen molar-refractivity contribution in [2.45, 2.75) is 19.9 Å². The quantitative estimate of drug-likeness (QED) is 0.536. The molecule has 32 heavy (non-hydrogen) atoms. The van der Waals surface area contributed by atoms with E-state index in [0.717, 1.165) is 0 Å². The molecule has 0 bridgehead atoms. The number of para-hydroxylation sites is 2. The Morgan fingerprint density at radius 3 is 2.41 bits per heavy atom. The lowest BCUT2D eigenvalue weighted by Crippen LogP contribution is -2.47.